The SMILES string of the molecule is CCCCCCCCCCC#CCO[Si](C)(c1ccccc1)c1ccccc1. The minimum Gasteiger partial charge on any atom is -0.397 e. The Morgan fingerprint density at radius 3 is 1.71 bits per heavy atom. The van der Waals surface area contributed by atoms with Crippen molar-refractivity contribution >= 4 is 18.7 Å². The van der Waals surface area contributed by atoms with Gasteiger partial charge in [-0.15, -0.1) is 5.92 Å². The van der Waals surface area contributed by atoms with Gasteiger partial charge in [0.05, 0.1) is 6.61 Å². The minimum absolute atomic E-state index is 0.517. The molecule has 0 aliphatic carbocycles. The molecule has 0 saturated carbocycles. The van der Waals surface area contributed by atoms with E-state index in [0.717, 1.165) is 6.42 Å². The number of rotatable bonds is 12. The molecule has 2 rings (SSSR count). The first-order valence-corrected chi connectivity index (χ1v) is 13.4. The summed E-state index contributed by atoms with van der Waals surface area (Å²) in [6.07, 6.45) is 11.8. The van der Waals surface area contributed by atoms with E-state index in [0.29, 0.717) is 6.61 Å². The third-order valence-corrected chi connectivity index (χ3v) is 8.95. The van der Waals surface area contributed by atoms with Gasteiger partial charge in [0.2, 0.25) is 0 Å². The molecule has 2 aromatic carbocycles. The van der Waals surface area contributed by atoms with Crippen LogP contribution >= 0.6 is 0 Å². The summed E-state index contributed by atoms with van der Waals surface area (Å²) in [6, 6.07) is 21.3. The van der Waals surface area contributed by atoms with Crippen molar-refractivity contribution in [3.8, 4) is 11.8 Å². The molecule has 0 aliphatic heterocycles. The van der Waals surface area contributed by atoms with Crippen LogP contribution in [-0.2, 0) is 4.43 Å². The molecule has 0 heterocycles. The fourth-order valence-electron chi connectivity index (χ4n) is 3.51. The van der Waals surface area contributed by atoms with E-state index in [1.807, 2.05) is 0 Å². The molecule has 150 valence electrons. The smallest absolute Gasteiger partial charge is 0.254 e. The lowest BCUT2D eigenvalue weighted by Gasteiger charge is -2.27. The van der Waals surface area contributed by atoms with E-state index in [1.165, 1.54) is 61.7 Å². The highest BCUT2D eigenvalue weighted by Crippen LogP contribution is 2.09. The van der Waals surface area contributed by atoms with Crippen molar-refractivity contribution in [1.82, 2.24) is 0 Å². The Kier molecular flexibility index (Phi) is 10.7. The van der Waals surface area contributed by atoms with Crippen molar-refractivity contribution in [2.75, 3.05) is 6.61 Å². The summed E-state index contributed by atoms with van der Waals surface area (Å²) in [5.41, 5.74) is 0. The molecule has 0 bridgehead atoms. The van der Waals surface area contributed by atoms with E-state index < -0.39 is 8.32 Å². The molecule has 0 spiro atoms. The maximum Gasteiger partial charge on any atom is 0.254 e. The molecular weight excluding hydrogens is 356 g/mol. The predicted molar refractivity (Wildman–Crippen MR) is 125 cm³/mol. The first-order valence-electron chi connectivity index (χ1n) is 11.0. The van der Waals surface area contributed by atoms with Gasteiger partial charge in [-0.25, -0.2) is 0 Å². The van der Waals surface area contributed by atoms with Crippen molar-refractivity contribution < 1.29 is 4.43 Å². The monoisotopic (exact) mass is 392 g/mol. The second-order valence-electron chi connectivity index (χ2n) is 7.63. The van der Waals surface area contributed by atoms with Gasteiger partial charge in [0.15, 0.2) is 0 Å². The third kappa shape index (κ3) is 7.66. The van der Waals surface area contributed by atoms with Crippen molar-refractivity contribution in [3.05, 3.63) is 60.7 Å². The fourth-order valence-corrected chi connectivity index (χ4v) is 6.20. The maximum atomic E-state index is 6.45. The zero-order valence-electron chi connectivity index (χ0n) is 17.8. The second kappa shape index (κ2) is 13.4. The molecule has 0 atom stereocenters. The van der Waals surface area contributed by atoms with Crippen molar-refractivity contribution in [2.24, 2.45) is 0 Å². The molecule has 0 radical (unpaired) electrons. The molecule has 0 amide bonds. The Bertz CT molecular complexity index is 660. The zero-order chi connectivity index (χ0) is 19.9. The van der Waals surface area contributed by atoms with Crippen LogP contribution in [0.3, 0.4) is 0 Å². The van der Waals surface area contributed by atoms with Gasteiger partial charge in [-0.1, -0.05) is 118 Å². The molecule has 2 aromatic rings. The van der Waals surface area contributed by atoms with Gasteiger partial charge in [-0.3, -0.25) is 0 Å². The fraction of sp³-hybridized carbons (Fsp3) is 0.462. The molecule has 0 aromatic heterocycles. The standard InChI is InChI=1S/C26H36OSi/c1-3-4-5-6-7-8-9-10-11-12-19-24-27-28(2,25-20-15-13-16-21-25)26-22-17-14-18-23-26/h13-18,20-23H,3-11,24H2,1-2H3. The average Bonchev–Trinajstić information content (AvgIpc) is 2.75. The highest BCUT2D eigenvalue weighted by Gasteiger charge is 2.33. The molecule has 0 N–H and O–H groups in total. The summed E-state index contributed by atoms with van der Waals surface area (Å²) < 4.78 is 6.45. The first kappa shape index (κ1) is 22.5. The highest BCUT2D eigenvalue weighted by atomic mass is 28.4. The van der Waals surface area contributed by atoms with Gasteiger partial charge >= 0.3 is 0 Å². The Hall–Kier alpha value is -1.82. The van der Waals surface area contributed by atoms with E-state index in [4.69, 9.17) is 4.43 Å². The number of hydrogen-bond donors (Lipinski definition) is 0. The summed E-state index contributed by atoms with van der Waals surface area (Å²) in [4.78, 5) is 0. The van der Waals surface area contributed by atoms with Gasteiger partial charge < -0.3 is 4.43 Å². The largest absolute Gasteiger partial charge is 0.397 e. The van der Waals surface area contributed by atoms with E-state index in [1.54, 1.807) is 0 Å². The van der Waals surface area contributed by atoms with Gasteiger partial charge in [0, 0.05) is 6.42 Å². The lowest BCUT2D eigenvalue weighted by atomic mass is 10.1. The maximum absolute atomic E-state index is 6.45. The van der Waals surface area contributed by atoms with Crippen LogP contribution < -0.4 is 10.4 Å². The third-order valence-electron chi connectivity index (χ3n) is 5.36. The van der Waals surface area contributed by atoms with E-state index in [-0.39, 0.29) is 0 Å². The van der Waals surface area contributed by atoms with Crippen molar-refractivity contribution in [2.45, 2.75) is 71.3 Å². The van der Waals surface area contributed by atoms with Gasteiger partial charge in [-0.05, 0) is 23.3 Å². The molecule has 0 fully saturated rings. The lowest BCUT2D eigenvalue weighted by Crippen LogP contribution is -2.58. The Morgan fingerprint density at radius 1 is 0.679 bits per heavy atom. The average molecular weight is 393 g/mol. The predicted octanol–water partition coefficient (Wildman–Crippen LogP) is 5.93. The molecule has 0 aliphatic rings. The van der Waals surface area contributed by atoms with Crippen molar-refractivity contribution in [3.63, 3.8) is 0 Å². The molecule has 2 heteroatoms. The van der Waals surface area contributed by atoms with Crippen LogP contribution in [0.1, 0.15) is 64.7 Å². The number of benzene rings is 2. The van der Waals surface area contributed by atoms with E-state index in [9.17, 15) is 0 Å². The summed E-state index contributed by atoms with van der Waals surface area (Å²) >= 11 is 0. The van der Waals surface area contributed by atoms with Crippen LogP contribution in [0.2, 0.25) is 6.55 Å². The van der Waals surface area contributed by atoms with Gasteiger partial charge in [-0.2, -0.15) is 0 Å². The topological polar surface area (TPSA) is 9.23 Å². The normalized spacial score (nSPS) is 11.1. The van der Waals surface area contributed by atoms with E-state index >= 15 is 0 Å². The summed E-state index contributed by atoms with van der Waals surface area (Å²) in [5, 5.41) is 2.59. The van der Waals surface area contributed by atoms with Crippen LogP contribution in [0.15, 0.2) is 60.7 Å². The quantitative estimate of drug-likeness (QED) is 0.247. The first-order chi connectivity index (χ1) is 13.8. The van der Waals surface area contributed by atoms with Crippen LogP contribution in [-0.4, -0.2) is 14.9 Å². The molecule has 1 nitrogen and oxygen atoms in total. The second-order valence-corrected chi connectivity index (χ2v) is 11.1. The molecular formula is C26H36OSi. The Labute approximate surface area is 173 Å². The van der Waals surface area contributed by atoms with Gasteiger partial charge in [0.1, 0.15) is 0 Å². The zero-order valence-corrected chi connectivity index (χ0v) is 18.8. The highest BCUT2D eigenvalue weighted by molar-refractivity contribution is 6.96. The Balaban J connectivity index is 1.77. The summed E-state index contributed by atoms with van der Waals surface area (Å²) in [7, 11) is -2.20. The van der Waals surface area contributed by atoms with Gasteiger partial charge in [0.25, 0.3) is 8.32 Å². The summed E-state index contributed by atoms with van der Waals surface area (Å²) in [5.74, 6) is 6.58. The molecule has 0 unspecified atom stereocenters. The van der Waals surface area contributed by atoms with Crippen LogP contribution in [0, 0.1) is 11.8 Å². The molecule has 0 saturated heterocycles. The summed E-state index contributed by atoms with van der Waals surface area (Å²) in [6.45, 7) is 5.06. The molecule has 28 heavy (non-hydrogen) atoms. The number of hydrogen-bond acceptors (Lipinski definition) is 1. The van der Waals surface area contributed by atoms with Crippen LogP contribution in [0.25, 0.3) is 0 Å². The lowest BCUT2D eigenvalue weighted by molar-refractivity contribution is 0.374. The van der Waals surface area contributed by atoms with E-state index in [2.05, 4.69) is 86.0 Å². The Morgan fingerprint density at radius 2 is 1.18 bits per heavy atom. The van der Waals surface area contributed by atoms with Crippen LogP contribution in [0.4, 0.5) is 0 Å². The van der Waals surface area contributed by atoms with Crippen molar-refractivity contribution in [1.29, 1.82) is 0 Å². The minimum atomic E-state index is -2.20. The number of unbranched alkanes of at least 4 members (excludes halogenated alkanes) is 8. The van der Waals surface area contributed by atoms with Crippen LogP contribution in [0.5, 0.6) is 0 Å².